The molecule has 23 heavy (non-hydrogen) atoms. The van der Waals surface area contributed by atoms with Crippen LogP contribution in [0.4, 0.5) is 0 Å². The van der Waals surface area contributed by atoms with Crippen molar-refractivity contribution in [1.82, 2.24) is 9.55 Å². The SMILES string of the molecule is N#Cc1ccc(Cn2ccnc2)c2oc3ccccc3c(=O)c12. The number of rotatable bonds is 2. The second-order valence-electron chi connectivity index (χ2n) is 5.25. The van der Waals surface area contributed by atoms with E-state index in [1.807, 2.05) is 22.9 Å². The summed E-state index contributed by atoms with van der Waals surface area (Å²) in [4.78, 5) is 16.8. The molecule has 0 spiro atoms. The van der Waals surface area contributed by atoms with Crippen LogP contribution in [0.3, 0.4) is 0 Å². The van der Waals surface area contributed by atoms with E-state index in [-0.39, 0.29) is 5.43 Å². The molecule has 0 saturated heterocycles. The van der Waals surface area contributed by atoms with E-state index in [1.54, 1.807) is 36.8 Å². The first-order valence-corrected chi connectivity index (χ1v) is 7.11. The van der Waals surface area contributed by atoms with Gasteiger partial charge in [0.1, 0.15) is 17.2 Å². The third-order valence-corrected chi connectivity index (χ3v) is 3.84. The van der Waals surface area contributed by atoms with Gasteiger partial charge in [0.15, 0.2) is 0 Å². The minimum atomic E-state index is -0.175. The molecule has 2 aromatic carbocycles. The Labute approximate surface area is 131 Å². The van der Waals surface area contributed by atoms with Gasteiger partial charge in [0.25, 0.3) is 0 Å². The first-order valence-electron chi connectivity index (χ1n) is 7.11. The maximum Gasteiger partial charge on any atom is 0.201 e. The predicted octanol–water partition coefficient (Wildman–Crippen LogP) is 3.06. The molecule has 0 atom stereocenters. The molecule has 5 nitrogen and oxygen atoms in total. The van der Waals surface area contributed by atoms with Gasteiger partial charge in [-0.25, -0.2) is 4.98 Å². The van der Waals surface area contributed by atoms with Gasteiger partial charge < -0.3 is 8.98 Å². The summed E-state index contributed by atoms with van der Waals surface area (Å²) in [5, 5.41) is 10.2. The molecule has 0 aliphatic rings. The molecule has 0 aliphatic carbocycles. The van der Waals surface area contributed by atoms with Crippen molar-refractivity contribution in [3.05, 3.63) is 76.5 Å². The minimum Gasteiger partial charge on any atom is -0.455 e. The number of imidazole rings is 1. The van der Waals surface area contributed by atoms with Crippen LogP contribution >= 0.6 is 0 Å². The van der Waals surface area contributed by atoms with E-state index in [9.17, 15) is 10.1 Å². The Morgan fingerprint density at radius 3 is 2.87 bits per heavy atom. The van der Waals surface area contributed by atoms with Crippen molar-refractivity contribution in [1.29, 1.82) is 5.26 Å². The van der Waals surface area contributed by atoms with Gasteiger partial charge >= 0.3 is 0 Å². The fourth-order valence-corrected chi connectivity index (χ4v) is 2.75. The second kappa shape index (κ2) is 5.11. The zero-order valence-electron chi connectivity index (χ0n) is 12.1. The Kier molecular flexibility index (Phi) is 2.95. The number of para-hydroxylation sites is 1. The van der Waals surface area contributed by atoms with Gasteiger partial charge in [-0.2, -0.15) is 5.26 Å². The summed E-state index contributed by atoms with van der Waals surface area (Å²) in [5.74, 6) is 0. The van der Waals surface area contributed by atoms with Crippen molar-refractivity contribution >= 4 is 21.9 Å². The lowest BCUT2D eigenvalue weighted by atomic mass is 10.0. The van der Waals surface area contributed by atoms with Crippen LogP contribution in [0, 0.1) is 11.3 Å². The van der Waals surface area contributed by atoms with Gasteiger partial charge in [0.05, 0.1) is 29.2 Å². The number of hydrogen-bond donors (Lipinski definition) is 0. The standard InChI is InChI=1S/C18H11N3O2/c19-9-12-5-6-13(10-21-8-7-20-11-21)18-16(12)17(22)14-3-1-2-4-15(14)23-18/h1-8,11H,10H2. The molecule has 4 aromatic rings. The Balaban J connectivity index is 2.10. The zero-order chi connectivity index (χ0) is 15.8. The molecule has 0 radical (unpaired) electrons. The highest BCUT2D eigenvalue weighted by atomic mass is 16.3. The number of nitriles is 1. The number of fused-ring (bicyclic) bond motifs is 2. The number of nitrogens with zero attached hydrogens (tertiary/aromatic N) is 3. The predicted molar refractivity (Wildman–Crippen MR) is 86.0 cm³/mol. The Morgan fingerprint density at radius 1 is 1.22 bits per heavy atom. The van der Waals surface area contributed by atoms with E-state index < -0.39 is 0 Å². The molecule has 0 saturated carbocycles. The Morgan fingerprint density at radius 2 is 2.09 bits per heavy atom. The smallest absolute Gasteiger partial charge is 0.201 e. The maximum atomic E-state index is 12.8. The molecule has 2 heterocycles. The average molecular weight is 301 g/mol. The molecule has 110 valence electrons. The van der Waals surface area contributed by atoms with Crippen LogP contribution in [-0.2, 0) is 6.54 Å². The summed E-state index contributed by atoms with van der Waals surface area (Å²) in [6.45, 7) is 0.517. The van der Waals surface area contributed by atoms with E-state index in [0.717, 1.165) is 5.56 Å². The van der Waals surface area contributed by atoms with Crippen LogP contribution in [0.25, 0.3) is 21.9 Å². The monoisotopic (exact) mass is 301 g/mol. The van der Waals surface area contributed by atoms with Crippen LogP contribution in [0.15, 0.2) is 64.3 Å². The van der Waals surface area contributed by atoms with E-state index in [4.69, 9.17) is 4.42 Å². The number of hydrogen-bond acceptors (Lipinski definition) is 4. The minimum absolute atomic E-state index is 0.175. The normalized spacial score (nSPS) is 10.9. The molecule has 5 heteroatoms. The number of aromatic nitrogens is 2. The van der Waals surface area contributed by atoms with Gasteiger partial charge in [-0.3, -0.25) is 4.79 Å². The van der Waals surface area contributed by atoms with E-state index in [1.165, 1.54) is 0 Å². The summed E-state index contributed by atoms with van der Waals surface area (Å²) in [7, 11) is 0. The van der Waals surface area contributed by atoms with Crippen molar-refractivity contribution in [2.45, 2.75) is 6.54 Å². The van der Waals surface area contributed by atoms with E-state index in [0.29, 0.717) is 34.0 Å². The third kappa shape index (κ3) is 2.09. The molecular weight excluding hydrogens is 290 g/mol. The van der Waals surface area contributed by atoms with E-state index in [2.05, 4.69) is 11.1 Å². The molecule has 0 bridgehead atoms. The molecule has 0 N–H and O–H groups in total. The zero-order valence-corrected chi connectivity index (χ0v) is 12.1. The molecule has 0 amide bonds. The van der Waals surface area contributed by atoms with Gasteiger partial charge in [-0.1, -0.05) is 18.2 Å². The van der Waals surface area contributed by atoms with Crippen LogP contribution < -0.4 is 5.43 Å². The lowest BCUT2D eigenvalue weighted by Gasteiger charge is -2.09. The first kappa shape index (κ1) is 13.3. The highest BCUT2D eigenvalue weighted by Crippen LogP contribution is 2.25. The third-order valence-electron chi connectivity index (χ3n) is 3.84. The summed E-state index contributed by atoms with van der Waals surface area (Å²) >= 11 is 0. The summed E-state index contributed by atoms with van der Waals surface area (Å²) in [5.41, 5.74) is 1.97. The molecule has 4 rings (SSSR count). The molecule has 0 fully saturated rings. The van der Waals surface area contributed by atoms with Gasteiger partial charge in [0, 0.05) is 18.0 Å². The fourth-order valence-electron chi connectivity index (χ4n) is 2.75. The summed E-state index contributed by atoms with van der Waals surface area (Å²) in [6.07, 6.45) is 5.23. The van der Waals surface area contributed by atoms with Crippen LogP contribution in [-0.4, -0.2) is 9.55 Å². The number of benzene rings is 2. The highest BCUT2D eigenvalue weighted by molar-refractivity contribution is 5.94. The van der Waals surface area contributed by atoms with Crippen molar-refractivity contribution in [2.75, 3.05) is 0 Å². The van der Waals surface area contributed by atoms with Crippen molar-refractivity contribution in [3.8, 4) is 6.07 Å². The molecule has 0 unspecified atom stereocenters. The first-order chi connectivity index (χ1) is 11.3. The van der Waals surface area contributed by atoms with Gasteiger partial charge in [0.2, 0.25) is 5.43 Å². The quantitative estimate of drug-likeness (QED) is 0.533. The fraction of sp³-hybridized carbons (Fsp3) is 0.0556. The average Bonchev–Trinajstić information content (AvgIpc) is 3.09. The summed E-state index contributed by atoms with van der Waals surface area (Å²) in [6, 6.07) is 12.6. The Bertz CT molecular complexity index is 1120. The largest absolute Gasteiger partial charge is 0.455 e. The Hall–Kier alpha value is -3.39. The highest BCUT2D eigenvalue weighted by Gasteiger charge is 2.15. The lowest BCUT2D eigenvalue weighted by molar-refractivity contribution is 0.648. The van der Waals surface area contributed by atoms with Crippen molar-refractivity contribution < 1.29 is 4.42 Å². The molecule has 0 aliphatic heterocycles. The topological polar surface area (TPSA) is 71.8 Å². The lowest BCUT2D eigenvalue weighted by Crippen LogP contribution is -2.07. The van der Waals surface area contributed by atoms with Gasteiger partial charge in [-0.05, 0) is 18.2 Å². The van der Waals surface area contributed by atoms with Crippen LogP contribution in [0.1, 0.15) is 11.1 Å². The maximum absolute atomic E-state index is 12.8. The molecule has 2 aromatic heterocycles. The van der Waals surface area contributed by atoms with Crippen LogP contribution in [0.5, 0.6) is 0 Å². The molecular formula is C18H11N3O2. The van der Waals surface area contributed by atoms with E-state index >= 15 is 0 Å². The van der Waals surface area contributed by atoms with Gasteiger partial charge in [-0.15, -0.1) is 0 Å². The van der Waals surface area contributed by atoms with Crippen molar-refractivity contribution in [3.63, 3.8) is 0 Å². The second-order valence-corrected chi connectivity index (χ2v) is 5.25. The summed E-state index contributed by atoms with van der Waals surface area (Å²) < 4.78 is 7.85. The van der Waals surface area contributed by atoms with Crippen LogP contribution in [0.2, 0.25) is 0 Å². The van der Waals surface area contributed by atoms with Crippen molar-refractivity contribution in [2.24, 2.45) is 0 Å².